The Hall–Kier alpha value is -1.72. The Labute approximate surface area is 151 Å². The van der Waals surface area contributed by atoms with Crippen LogP contribution in [-0.2, 0) is 11.8 Å². The maximum absolute atomic E-state index is 12.4. The summed E-state index contributed by atoms with van der Waals surface area (Å²) < 4.78 is 7.45. The number of ether oxygens (including phenoxy) is 1. The summed E-state index contributed by atoms with van der Waals surface area (Å²) in [6.45, 7) is 7.51. The lowest BCUT2D eigenvalue weighted by Gasteiger charge is -2.19. The van der Waals surface area contributed by atoms with Crippen molar-refractivity contribution in [3.63, 3.8) is 0 Å². The van der Waals surface area contributed by atoms with Gasteiger partial charge in [-0.2, -0.15) is 5.10 Å². The summed E-state index contributed by atoms with van der Waals surface area (Å²) in [5, 5.41) is 8.22. The minimum Gasteiger partial charge on any atom is -0.479 e. The van der Waals surface area contributed by atoms with Crippen molar-refractivity contribution in [1.29, 1.82) is 0 Å². The second-order valence-corrected chi connectivity index (χ2v) is 6.62. The van der Waals surface area contributed by atoms with E-state index < -0.39 is 6.10 Å². The van der Waals surface area contributed by atoms with Gasteiger partial charge in [0.15, 0.2) is 6.10 Å². The minimum absolute atomic E-state index is 0.169. The van der Waals surface area contributed by atoms with Crippen LogP contribution in [-0.4, -0.2) is 21.8 Å². The molecule has 0 spiro atoms. The molecule has 1 aromatic carbocycles. The van der Waals surface area contributed by atoms with Crippen LogP contribution in [0, 0.1) is 13.8 Å². The van der Waals surface area contributed by atoms with Crippen LogP contribution in [0.3, 0.4) is 0 Å². The number of halogens is 2. The topological polar surface area (TPSA) is 56.2 Å². The number of aryl methyl sites for hydroxylation is 2. The van der Waals surface area contributed by atoms with E-state index in [1.807, 2.05) is 27.8 Å². The van der Waals surface area contributed by atoms with E-state index in [0.717, 1.165) is 17.0 Å². The lowest BCUT2D eigenvalue weighted by Crippen LogP contribution is -2.38. The molecule has 2 aromatic rings. The number of nitrogens with zero attached hydrogens (tertiary/aromatic N) is 2. The van der Waals surface area contributed by atoms with E-state index in [2.05, 4.69) is 10.4 Å². The summed E-state index contributed by atoms with van der Waals surface area (Å²) in [6.07, 6.45) is -0.691. The highest BCUT2D eigenvalue weighted by molar-refractivity contribution is 6.35. The maximum atomic E-state index is 12.4. The molecule has 0 saturated carbocycles. The van der Waals surface area contributed by atoms with Gasteiger partial charge in [-0.15, -0.1) is 0 Å². The summed E-state index contributed by atoms with van der Waals surface area (Å²) in [4.78, 5) is 12.4. The molecule has 2 unspecified atom stereocenters. The lowest BCUT2D eigenvalue weighted by molar-refractivity contribution is -0.127. The molecule has 1 heterocycles. The van der Waals surface area contributed by atoms with Crippen LogP contribution in [0.5, 0.6) is 5.75 Å². The molecule has 24 heavy (non-hydrogen) atoms. The minimum atomic E-state index is -0.691. The van der Waals surface area contributed by atoms with Crippen molar-refractivity contribution in [2.45, 2.75) is 39.8 Å². The normalized spacial score (nSPS) is 13.5. The van der Waals surface area contributed by atoms with Crippen LogP contribution < -0.4 is 10.1 Å². The molecule has 0 aliphatic rings. The van der Waals surface area contributed by atoms with Crippen LogP contribution >= 0.6 is 23.2 Å². The summed E-state index contributed by atoms with van der Waals surface area (Å²) in [7, 11) is 1.88. The number of rotatable bonds is 5. The standard InChI is InChI=1S/C17H21Cl2N3O2/c1-9(16-10(2)21-22(5)11(16)3)20-17(23)12(4)24-15-7-6-13(18)8-14(15)19/h6-9,12H,1-5H3,(H,20,23). The number of benzene rings is 1. The van der Waals surface area contributed by atoms with Crippen LogP contribution in [0.15, 0.2) is 18.2 Å². The van der Waals surface area contributed by atoms with Crippen LogP contribution in [0.25, 0.3) is 0 Å². The number of carbonyl (C=O) groups is 1. The average Bonchev–Trinajstić information content (AvgIpc) is 2.74. The Balaban J connectivity index is 2.05. The molecule has 130 valence electrons. The second-order valence-electron chi connectivity index (χ2n) is 5.77. The fraction of sp³-hybridized carbons (Fsp3) is 0.412. The first-order valence-corrected chi connectivity index (χ1v) is 8.38. The zero-order chi connectivity index (χ0) is 18.0. The zero-order valence-corrected chi connectivity index (χ0v) is 15.9. The molecular weight excluding hydrogens is 349 g/mol. The Kier molecular flexibility index (Phi) is 5.78. The first-order valence-electron chi connectivity index (χ1n) is 7.63. The molecule has 0 aliphatic carbocycles. The van der Waals surface area contributed by atoms with Crippen molar-refractivity contribution in [3.05, 3.63) is 45.2 Å². The van der Waals surface area contributed by atoms with Gasteiger partial charge in [-0.05, 0) is 45.9 Å². The van der Waals surface area contributed by atoms with E-state index in [9.17, 15) is 4.79 Å². The monoisotopic (exact) mass is 369 g/mol. The first-order chi connectivity index (χ1) is 11.2. The van der Waals surface area contributed by atoms with E-state index in [0.29, 0.717) is 15.8 Å². The average molecular weight is 370 g/mol. The molecule has 2 atom stereocenters. The van der Waals surface area contributed by atoms with Gasteiger partial charge < -0.3 is 10.1 Å². The number of hydrogen-bond acceptors (Lipinski definition) is 3. The fourth-order valence-corrected chi connectivity index (χ4v) is 3.09. The Morgan fingerprint density at radius 2 is 1.96 bits per heavy atom. The van der Waals surface area contributed by atoms with Gasteiger partial charge in [0.05, 0.1) is 16.8 Å². The van der Waals surface area contributed by atoms with E-state index in [1.54, 1.807) is 29.8 Å². The van der Waals surface area contributed by atoms with Crippen molar-refractivity contribution in [3.8, 4) is 5.75 Å². The Bertz CT molecular complexity index is 759. The van der Waals surface area contributed by atoms with Gasteiger partial charge in [0.25, 0.3) is 5.91 Å². The summed E-state index contributed by atoms with van der Waals surface area (Å²) in [5.74, 6) is 0.196. The molecule has 5 nitrogen and oxygen atoms in total. The van der Waals surface area contributed by atoms with Crippen molar-refractivity contribution >= 4 is 29.1 Å². The maximum Gasteiger partial charge on any atom is 0.261 e. The van der Waals surface area contributed by atoms with Crippen LogP contribution in [0.4, 0.5) is 0 Å². The molecule has 1 aromatic heterocycles. The third kappa shape index (κ3) is 4.02. The highest BCUT2D eigenvalue weighted by Crippen LogP contribution is 2.28. The van der Waals surface area contributed by atoms with Crippen molar-refractivity contribution in [1.82, 2.24) is 15.1 Å². The molecule has 0 aliphatic heterocycles. The van der Waals surface area contributed by atoms with Crippen molar-refractivity contribution in [2.24, 2.45) is 7.05 Å². The van der Waals surface area contributed by atoms with Gasteiger partial charge >= 0.3 is 0 Å². The lowest BCUT2D eigenvalue weighted by atomic mass is 10.1. The van der Waals surface area contributed by atoms with Crippen molar-refractivity contribution in [2.75, 3.05) is 0 Å². The Morgan fingerprint density at radius 1 is 1.29 bits per heavy atom. The first kappa shape index (κ1) is 18.6. The van der Waals surface area contributed by atoms with E-state index in [4.69, 9.17) is 27.9 Å². The molecule has 7 heteroatoms. The predicted molar refractivity (Wildman–Crippen MR) is 95.8 cm³/mol. The van der Waals surface area contributed by atoms with E-state index in [-0.39, 0.29) is 11.9 Å². The summed E-state index contributed by atoms with van der Waals surface area (Å²) in [6, 6.07) is 4.72. The fourth-order valence-electron chi connectivity index (χ4n) is 2.63. The van der Waals surface area contributed by atoms with Crippen LogP contribution in [0.1, 0.15) is 36.8 Å². The van der Waals surface area contributed by atoms with Gasteiger partial charge in [0.2, 0.25) is 0 Å². The number of carbonyl (C=O) groups excluding carboxylic acids is 1. The number of amides is 1. The predicted octanol–water partition coefficient (Wildman–Crippen LogP) is 3.99. The largest absolute Gasteiger partial charge is 0.479 e. The second kappa shape index (κ2) is 7.45. The number of hydrogen-bond donors (Lipinski definition) is 1. The third-order valence-corrected chi connectivity index (χ3v) is 4.45. The molecule has 2 rings (SSSR count). The van der Waals surface area contributed by atoms with Gasteiger partial charge in [0.1, 0.15) is 5.75 Å². The van der Waals surface area contributed by atoms with Gasteiger partial charge in [-0.25, -0.2) is 0 Å². The van der Waals surface area contributed by atoms with E-state index in [1.165, 1.54) is 0 Å². The molecule has 0 saturated heterocycles. The molecule has 1 amide bonds. The van der Waals surface area contributed by atoms with E-state index >= 15 is 0 Å². The van der Waals surface area contributed by atoms with Crippen LogP contribution in [0.2, 0.25) is 10.0 Å². The molecule has 0 radical (unpaired) electrons. The zero-order valence-electron chi connectivity index (χ0n) is 14.4. The number of nitrogens with one attached hydrogen (secondary N) is 1. The quantitative estimate of drug-likeness (QED) is 0.866. The Morgan fingerprint density at radius 3 is 2.50 bits per heavy atom. The highest BCUT2D eigenvalue weighted by Gasteiger charge is 2.22. The summed E-state index contributed by atoms with van der Waals surface area (Å²) in [5.41, 5.74) is 2.94. The molecular formula is C17H21Cl2N3O2. The third-order valence-electron chi connectivity index (χ3n) is 3.92. The molecule has 0 fully saturated rings. The molecule has 0 bridgehead atoms. The molecule has 1 N–H and O–H groups in total. The van der Waals surface area contributed by atoms with Crippen molar-refractivity contribution < 1.29 is 9.53 Å². The van der Waals surface area contributed by atoms with Gasteiger partial charge in [-0.1, -0.05) is 23.2 Å². The summed E-state index contributed by atoms with van der Waals surface area (Å²) >= 11 is 11.9. The SMILES string of the molecule is Cc1nn(C)c(C)c1C(C)NC(=O)C(C)Oc1ccc(Cl)cc1Cl. The smallest absolute Gasteiger partial charge is 0.261 e. The van der Waals surface area contributed by atoms with Gasteiger partial charge in [0, 0.05) is 23.3 Å². The van der Waals surface area contributed by atoms with Gasteiger partial charge in [-0.3, -0.25) is 9.48 Å². The highest BCUT2D eigenvalue weighted by atomic mass is 35.5. The number of aromatic nitrogens is 2.